The second-order valence-electron chi connectivity index (χ2n) is 11.4. The standard InChI is InChI=1S/C38H54O9/c1-8-42-20-26-14-32(15-27(35(26)39)21-43-9-2)38(7,33-16-28(22-44-10-3)36(40)29(17-33)23-45-11-4)34-18-30(24-46-12-5)37(41)31(19-34)25-47-13-6/h14-19,39-41H,8-13,20-25H2,1-7H3. The van der Waals surface area contributed by atoms with Gasteiger partial charge in [-0.15, -0.1) is 0 Å². The molecule has 0 unspecified atom stereocenters. The Bertz CT molecular complexity index is 1160. The normalized spacial score (nSPS) is 11.8. The highest BCUT2D eigenvalue weighted by Crippen LogP contribution is 2.45. The van der Waals surface area contributed by atoms with Crippen molar-refractivity contribution in [3.05, 3.63) is 86.5 Å². The molecule has 0 saturated carbocycles. The zero-order valence-electron chi connectivity index (χ0n) is 29.2. The van der Waals surface area contributed by atoms with Crippen molar-refractivity contribution in [3.63, 3.8) is 0 Å². The quantitative estimate of drug-likeness (QED) is 0.101. The van der Waals surface area contributed by atoms with Gasteiger partial charge in [0.1, 0.15) is 17.2 Å². The summed E-state index contributed by atoms with van der Waals surface area (Å²) in [6.07, 6.45) is 0. The summed E-state index contributed by atoms with van der Waals surface area (Å²) >= 11 is 0. The van der Waals surface area contributed by atoms with Gasteiger partial charge < -0.3 is 43.7 Å². The Morgan fingerprint density at radius 3 is 0.702 bits per heavy atom. The van der Waals surface area contributed by atoms with Crippen LogP contribution < -0.4 is 0 Å². The van der Waals surface area contributed by atoms with E-state index in [0.29, 0.717) is 73.0 Å². The molecular formula is C38H54O9. The first-order valence-corrected chi connectivity index (χ1v) is 16.7. The molecule has 0 aliphatic heterocycles. The summed E-state index contributed by atoms with van der Waals surface area (Å²) in [6.45, 7) is 17.8. The maximum absolute atomic E-state index is 11.3. The molecule has 260 valence electrons. The molecule has 0 aliphatic rings. The average Bonchev–Trinajstić information content (AvgIpc) is 3.08. The zero-order chi connectivity index (χ0) is 34.4. The van der Waals surface area contributed by atoms with Crippen molar-refractivity contribution < 1.29 is 43.7 Å². The lowest BCUT2D eigenvalue weighted by molar-refractivity contribution is 0.126. The van der Waals surface area contributed by atoms with Crippen LogP contribution in [-0.4, -0.2) is 55.0 Å². The monoisotopic (exact) mass is 654 g/mol. The molecule has 0 radical (unpaired) electrons. The number of phenolic OH excluding ortho intramolecular Hbond substituents is 3. The van der Waals surface area contributed by atoms with Gasteiger partial charge in [-0.2, -0.15) is 0 Å². The van der Waals surface area contributed by atoms with Gasteiger partial charge in [-0.25, -0.2) is 0 Å². The fourth-order valence-electron chi connectivity index (χ4n) is 5.58. The minimum atomic E-state index is -0.888. The van der Waals surface area contributed by atoms with E-state index in [9.17, 15) is 15.3 Å². The van der Waals surface area contributed by atoms with E-state index in [1.807, 2.05) is 77.9 Å². The van der Waals surface area contributed by atoms with Crippen LogP contribution >= 0.6 is 0 Å². The van der Waals surface area contributed by atoms with E-state index < -0.39 is 5.41 Å². The molecule has 0 aromatic heterocycles. The highest BCUT2D eigenvalue weighted by molar-refractivity contribution is 5.59. The second-order valence-corrected chi connectivity index (χ2v) is 11.4. The summed E-state index contributed by atoms with van der Waals surface area (Å²) < 4.78 is 34.7. The molecule has 3 aromatic carbocycles. The van der Waals surface area contributed by atoms with E-state index in [1.54, 1.807) is 0 Å². The lowest BCUT2D eigenvalue weighted by atomic mass is 9.69. The van der Waals surface area contributed by atoms with Gasteiger partial charge in [-0.3, -0.25) is 0 Å². The van der Waals surface area contributed by atoms with Gasteiger partial charge in [0.05, 0.1) is 39.6 Å². The molecular weight excluding hydrogens is 600 g/mol. The summed E-state index contributed by atoms with van der Waals surface area (Å²) in [4.78, 5) is 0. The van der Waals surface area contributed by atoms with Gasteiger partial charge in [-0.05, 0) is 102 Å². The lowest BCUT2D eigenvalue weighted by Crippen LogP contribution is -2.27. The van der Waals surface area contributed by atoms with Crippen LogP contribution in [0.1, 0.15) is 98.5 Å². The highest BCUT2D eigenvalue weighted by Gasteiger charge is 2.35. The number of rotatable bonds is 21. The third kappa shape index (κ3) is 9.47. The van der Waals surface area contributed by atoms with Crippen LogP contribution in [0.25, 0.3) is 0 Å². The smallest absolute Gasteiger partial charge is 0.126 e. The summed E-state index contributed by atoms with van der Waals surface area (Å²) in [5.41, 5.74) is 5.52. The van der Waals surface area contributed by atoms with Crippen molar-refractivity contribution in [1.82, 2.24) is 0 Å². The molecule has 9 nitrogen and oxygen atoms in total. The number of hydrogen-bond donors (Lipinski definition) is 3. The molecule has 0 amide bonds. The largest absolute Gasteiger partial charge is 0.507 e. The zero-order valence-corrected chi connectivity index (χ0v) is 29.2. The van der Waals surface area contributed by atoms with Crippen molar-refractivity contribution in [2.24, 2.45) is 0 Å². The molecule has 0 heterocycles. The molecule has 0 aliphatic carbocycles. The molecule has 47 heavy (non-hydrogen) atoms. The minimum Gasteiger partial charge on any atom is -0.507 e. The van der Waals surface area contributed by atoms with E-state index in [4.69, 9.17) is 28.4 Å². The Morgan fingerprint density at radius 1 is 0.383 bits per heavy atom. The van der Waals surface area contributed by atoms with E-state index in [1.165, 1.54) is 0 Å². The molecule has 0 fully saturated rings. The maximum atomic E-state index is 11.3. The number of benzene rings is 3. The Hall–Kier alpha value is -3.18. The number of phenols is 3. The van der Waals surface area contributed by atoms with E-state index in [2.05, 4.69) is 6.92 Å². The molecule has 3 rings (SSSR count). The number of aromatic hydroxyl groups is 3. The molecule has 9 heteroatoms. The average molecular weight is 655 g/mol. The molecule has 3 aromatic rings. The first kappa shape index (κ1) is 38.3. The van der Waals surface area contributed by atoms with Crippen LogP contribution in [0, 0.1) is 0 Å². The SMILES string of the molecule is CCOCc1cc(C(C)(c2cc(COCC)c(O)c(COCC)c2)c2cc(COCC)c(O)c(COCC)c2)cc(COCC)c1O. The van der Waals surface area contributed by atoms with Crippen molar-refractivity contribution in [1.29, 1.82) is 0 Å². The van der Waals surface area contributed by atoms with Gasteiger partial charge in [-0.1, -0.05) is 0 Å². The van der Waals surface area contributed by atoms with Crippen molar-refractivity contribution in [3.8, 4) is 17.2 Å². The van der Waals surface area contributed by atoms with Gasteiger partial charge in [0.25, 0.3) is 0 Å². The minimum absolute atomic E-state index is 0.137. The second kappa shape index (κ2) is 19.0. The summed E-state index contributed by atoms with van der Waals surface area (Å²) in [5, 5.41) is 34.0. The van der Waals surface area contributed by atoms with Crippen LogP contribution in [0.2, 0.25) is 0 Å². The predicted molar refractivity (Wildman–Crippen MR) is 182 cm³/mol. The molecule has 0 spiro atoms. The Kier molecular flexibility index (Phi) is 15.5. The van der Waals surface area contributed by atoms with Gasteiger partial charge in [0.2, 0.25) is 0 Å². The third-order valence-corrected chi connectivity index (χ3v) is 8.31. The number of hydrogen-bond acceptors (Lipinski definition) is 9. The van der Waals surface area contributed by atoms with E-state index in [0.717, 1.165) is 16.7 Å². The van der Waals surface area contributed by atoms with Gasteiger partial charge >= 0.3 is 0 Å². The third-order valence-electron chi connectivity index (χ3n) is 8.31. The van der Waals surface area contributed by atoms with Crippen LogP contribution in [-0.2, 0) is 73.5 Å². The van der Waals surface area contributed by atoms with Crippen LogP contribution in [0.4, 0.5) is 0 Å². The Morgan fingerprint density at radius 2 is 0.553 bits per heavy atom. The molecule has 0 atom stereocenters. The summed E-state index contributed by atoms with van der Waals surface area (Å²) in [7, 11) is 0. The van der Waals surface area contributed by atoms with Crippen molar-refractivity contribution >= 4 is 0 Å². The lowest BCUT2D eigenvalue weighted by Gasteiger charge is -2.35. The first-order chi connectivity index (χ1) is 22.7. The first-order valence-electron chi connectivity index (χ1n) is 16.7. The number of ether oxygens (including phenoxy) is 6. The Labute approximate surface area is 280 Å². The fraction of sp³-hybridized carbons (Fsp3) is 0.526. The van der Waals surface area contributed by atoms with Crippen LogP contribution in [0.15, 0.2) is 36.4 Å². The fourth-order valence-corrected chi connectivity index (χ4v) is 5.58. The molecule has 0 bridgehead atoms. The van der Waals surface area contributed by atoms with Crippen molar-refractivity contribution in [2.75, 3.05) is 39.6 Å². The highest BCUT2D eigenvalue weighted by atomic mass is 16.5. The summed E-state index contributed by atoms with van der Waals surface area (Å²) in [5.74, 6) is 0.410. The summed E-state index contributed by atoms with van der Waals surface area (Å²) in [6, 6.07) is 11.8. The Balaban J connectivity index is 2.48. The van der Waals surface area contributed by atoms with Crippen LogP contribution in [0.3, 0.4) is 0 Å². The van der Waals surface area contributed by atoms with E-state index in [-0.39, 0.29) is 56.9 Å². The van der Waals surface area contributed by atoms with E-state index >= 15 is 0 Å². The van der Waals surface area contributed by atoms with Crippen LogP contribution in [0.5, 0.6) is 17.2 Å². The molecule has 3 N–H and O–H groups in total. The maximum Gasteiger partial charge on any atom is 0.126 e. The topological polar surface area (TPSA) is 116 Å². The molecule has 0 saturated heterocycles. The van der Waals surface area contributed by atoms with Gasteiger partial charge in [0, 0.05) is 78.4 Å². The van der Waals surface area contributed by atoms with Crippen molar-refractivity contribution in [2.45, 2.75) is 93.5 Å². The predicted octanol–water partition coefficient (Wildman–Crippen LogP) is 7.38. The van der Waals surface area contributed by atoms with Gasteiger partial charge in [0.15, 0.2) is 0 Å².